The summed E-state index contributed by atoms with van der Waals surface area (Å²) >= 11 is 5.80. The van der Waals surface area contributed by atoms with E-state index >= 15 is 0 Å². The lowest BCUT2D eigenvalue weighted by Gasteiger charge is -2.01. The first-order valence-corrected chi connectivity index (χ1v) is 6.02. The first-order chi connectivity index (χ1) is 8.69. The SMILES string of the molecule is NCCC(O)c1nc(Cc2ccc(Cl)cc2)no1. The number of halogens is 1. The molecule has 2 rings (SSSR count). The van der Waals surface area contributed by atoms with Gasteiger partial charge in [-0.05, 0) is 30.7 Å². The number of aliphatic hydroxyl groups excluding tert-OH is 1. The van der Waals surface area contributed by atoms with E-state index in [1.165, 1.54) is 0 Å². The molecule has 0 aliphatic carbocycles. The van der Waals surface area contributed by atoms with E-state index < -0.39 is 6.10 Å². The lowest BCUT2D eigenvalue weighted by Crippen LogP contribution is -2.07. The van der Waals surface area contributed by atoms with Gasteiger partial charge in [0, 0.05) is 11.4 Å². The third kappa shape index (κ3) is 3.29. The van der Waals surface area contributed by atoms with E-state index in [0.29, 0.717) is 30.2 Å². The fraction of sp³-hybridized carbons (Fsp3) is 0.333. The molecular weight excluding hydrogens is 254 g/mol. The van der Waals surface area contributed by atoms with Gasteiger partial charge >= 0.3 is 0 Å². The van der Waals surface area contributed by atoms with Gasteiger partial charge in [0.25, 0.3) is 5.89 Å². The molecule has 5 nitrogen and oxygen atoms in total. The third-order valence-corrected chi connectivity index (χ3v) is 2.74. The van der Waals surface area contributed by atoms with Crippen LogP contribution in [0.3, 0.4) is 0 Å². The van der Waals surface area contributed by atoms with E-state index in [2.05, 4.69) is 10.1 Å². The Hall–Kier alpha value is -1.43. The molecule has 0 fully saturated rings. The Bertz CT molecular complexity index is 498. The molecular formula is C12H14ClN3O2. The highest BCUT2D eigenvalue weighted by Crippen LogP contribution is 2.16. The molecule has 0 aliphatic rings. The Morgan fingerprint density at radius 2 is 2.06 bits per heavy atom. The monoisotopic (exact) mass is 267 g/mol. The average Bonchev–Trinajstić information content (AvgIpc) is 2.81. The van der Waals surface area contributed by atoms with Crippen LogP contribution in [0.25, 0.3) is 0 Å². The fourth-order valence-electron chi connectivity index (χ4n) is 1.54. The van der Waals surface area contributed by atoms with Crippen LogP contribution in [0, 0.1) is 0 Å². The van der Waals surface area contributed by atoms with Gasteiger partial charge < -0.3 is 15.4 Å². The largest absolute Gasteiger partial charge is 0.383 e. The summed E-state index contributed by atoms with van der Waals surface area (Å²) in [5.74, 6) is 0.743. The van der Waals surface area contributed by atoms with E-state index in [9.17, 15) is 5.11 Å². The molecule has 0 spiro atoms. The van der Waals surface area contributed by atoms with E-state index in [1.807, 2.05) is 12.1 Å². The quantitative estimate of drug-likeness (QED) is 0.861. The number of nitrogens with two attached hydrogens (primary N) is 1. The molecule has 0 aliphatic heterocycles. The summed E-state index contributed by atoms with van der Waals surface area (Å²) in [7, 11) is 0. The second-order valence-electron chi connectivity index (χ2n) is 3.95. The minimum absolute atomic E-state index is 0.212. The van der Waals surface area contributed by atoms with Crippen molar-refractivity contribution in [1.82, 2.24) is 10.1 Å². The van der Waals surface area contributed by atoms with Crippen LogP contribution in [0.4, 0.5) is 0 Å². The molecule has 0 radical (unpaired) electrons. The molecule has 1 aromatic carbocycles. The van der Waals surface area contributed by atoms with Crippen molar-refractivity contribution in [1.29, 1.82) is 0 Å². The summed E-state index contributed by atoms with van der Waals surface area (Å²) in [4.78, 5) is 4.13. The highest BCUT2D eigenvalue weighted by Gasteiger charge is 2.15. The van der Waals surface area contributed by atoms with Crippen LogP contribution in [-0.2, 0) is 6.42 Å². The molecule has 0 bridgehead atoms. The number of hydrogen-bond donors (Lipinski definition) is 2. The normalized spacial score (nSPS) is 12.6. The van der Waals surface area contributed by atoms with Crippen LogP contribution in [0.1, 0.15) is 29.8 Å². The summed E-state index contributed by atoms with van der Waals surface area (Å²) in [5, 5.41) is 14.1. The molecule has 96 valence electrons. The Kier molecular flexibility index (Phi) is 4.30. The van der Waals surface area contributed by atoms with Crippen molar-refractivity contribution in [2.75, 3.05) is 6.54 Å². The van der Waals surface area contributed by atoms with Gasteiger partial charge in [-0.15, -0.1) is 0 Å². The van der Waals surface area contributed by atoms with Crippen molar-refractivity contribution >= 4 is 11.6 Å². The molecule has 1 unspecified atom stereocenters. The standard InChI is InChI=1S/C12H14ClN3O2/c13-9-3-1-8(2-4-9)7-11-15-12(18-16-11)10(17)5-6-14/h1-4,10,17H,5-7,14H2. The van der Waals surface area contributed by atoms with E-state index in [0.717, 1.165) is 5.56 Å². The Morgan fingerprint density at radius 3 is 2.72 bits per heavy atom. The van der Waals surface area contributed by atoms with Gasteiger partial charge in [-0.3, -0.25) is 0 Å². The minimum atomic E-state index is -0.790. The van der Waals surface area contributed by atoms with Crippen LogP contribution in [0.2, 0.25) is 5.02 Å². The number of aliphatic hydroxyl groups is 1. The molecule has 6 heteroatoms. The van der Waals surface area contributed by atoms with Crippen molar-refractivity contribution in [3.8, 4) is 0 Å². The maximum absolute atomic E-state index is 9.64. The molecule has 0 amide bonds. The van der Waals surface area contributed by atoms with Crippen molar-refractivity contribution < 1.29 is 9.63 Å². The zero-order valence-corrected chi connectivity index (χ0v) is 10.5. The van der Waals surface area contributed by atoms with Crippen molar-refractivity contribution in [3.63, 3.8) is 0 Å². The van der Waals surface area contributed by atoms with Gasteiger partial charge in [0.1, 0.15) is 6.10 Å². The Morgan fingerprint density at radius 1 is 1.33 bits per heavy atom. The van der Waals surface area contributed by atoms with Crippen LogP contribution in [0.15, 0.2) is 28.8 Å². The topological polar surface area (TPSA) is 85.2 Å². The fourth-order valence-corrected chi connectivity index (χ4v) is 1.67. The lowest BCUT2D eigenvalue weighted by molar-refractivity contribution is 0.127. The second kappa shape index (κ2) is 5.95. The van der Waals surface area contributed by atoms with Gasteiger partial charge in [0.2, 0.25) is 0 Å². The van der Waals surface area contributed by atoms with Crippen LogP contribution in [-0.4, -0.2) is 21.8 Å². The van der Waals surface area contributed by atoms with E-state index in [1.54, 1.807) is 12.1 Å². The number of hydrogen-bond acceptors (Lipinski definition) is 5. The predicted octanol–water partition coefficient (Wildman–Crippen LogP) is 1.70. The molecule has 18 heavy (non-hydrogen) atoms. The minimum Gasteiger partial charge on any atom is -0.383 e. The summed E-state index contributed by atoms with van der Waals surface area (Å²) in [6.45, 7) is 0.371. The summed E-state index contributed by atoms with van der Waals surface area (Å²) in [5.41, 5.74) is 6.38. The maximum Gasteiger partial charge on any atom is 0.255 e. The Balaban J connectivity index is 2.04. The average molecular weight is 268 g/mol. The third-order valence-electron chi connectivity index (χ3n) is 2.48. The molecule has 3 N–H and O–H groups in total. The van der Waals surface area contributed by atoms with Crippen LogP contribution in [0.5, 0.6) is 0 Å². The van der Waals surface area contributed by atoms with Gasteiger partial charge in [-0.2, -0.15) is 4.98 Å². The van der Waals surface area contributed by atoms with E-state index in [-0.39, 0.29) is 5.89 Å². The van der Waals surface area contributed by atoms with Crippen molar-refractivity contribution in [2.24, 2.45) is 5.73 Å². The predicted molar refractivity (Wildman–Crippen MR) is 67.2 cm³/mol. The number of rotatable bonds is 5. The van der Waals surface area contributed by atoms with E-state index in [4.69, 9.17) is 21.9 Å². The van der Waals surface area contributed by atoms with Gasteiger partial charge in [0.15, 0.2) is 5.82 Å². The van der Waals surface area contributed by atoms with Gasteiger partial charge in [0.05, 0.1) is 0 Å². The highest BCUT2D eigenvalue weighted by atomic mass is 35.5. The van der Waals surface area contributed by atoms with Crippen molar-refractivity contribution in [3.05, 3.63) is 46.6 Å². The van der Waals surface area contributed by atoms with Crippen LogP contribution < -0.4 is 5.73 Å². The number of aromatic nitrogens is 2. The Labute approximate surface area is 110 Å². The van der Waals surface area contributed by atoms with Gasteiger partial charge in [-0.1, -0.05) is 28.9 Å². The number of benzene rings is 1. The lowest BCUT2D eigenvalue weighted by atomic mass is 10.1. The zero-order valence-electron chi connectivity index (χ0n) is 9.71. The zero-order chi connectivity index (χ0) is 13.0. The smallest absolute Gasteiger partial charge is 0.255 e. The first kappa shape index (κ1) is 13.0. The highest BCUT2D eigenvalue weighted by molar-refractivity contribution is 6.30. The number of nitrogens with zero attached hydrogens (tertiary/aromatic N) is 2. The molecule has 2 aromatic rings. The maximum atomic E-state index is 9.64. The van der Waals surface area contributed by atoms with Crippen LogP contribution >= 0.6 is 11.6 Å². The molecule has 0 saturated carbocycles. The second-order valence-corrected chi connectivity index (χ2v) is 4.38. The molecule has 1 aromatic heterocycles. The molecule has 1 atom stereocenters. The summed E-state index contributed by atoms with van der Waals surface area (Å²) < 4.78 is 4.98. The molecule has 0 saturated heterocycles. The summed E-state index contributed by atoms with van der Waals surface area (Å²) in [6.07, 6.45) is 0.153. The first-order valence-electron chi connectivity index (χ1n) is 5.64. The van der Waals surface area contributed by atoms with Gasteiger partial charge in [-0.25, -0.2) is 0 Å². The molecule has 1 heterocycles. The van der Waals surface area contributed by atoms with Crippen molar-refractivity contribution in [2.45, 2.75) is 18.9 Å². The summed E-state index contributed by atoms with van der Waals surface area (Å²) in [6, 6.07) is 7.41.